The van der Waals surface area contributed by atoms with Gasteiger partial charge in [-0.3, -0.25) is 4.79 Å². The summed E-state index contributed by atoms with van der Waals surface area (Å²) in [5.74, 6) is -2.33. The summed E-state index contributed by atoms with van der Waals surface area (Å²) in [5, 5.41) is 19.5. The van der Waals surface area contributed by atoms with E-state index in [0.717, 1.165) is 0 Å². The average Bonchev–Trinajstić information content (AvgIpc) is 2.84. The van der Waals surface area contributed by atoms with Crippen molar-refractivity contribution in [3.63, 3.8) is 0 Å². The molecule has 0 saturated heterocycles. The van der Waals surface area contributed by atoms with Crippen LogP contribution < -0.4 is 5.32 Å². The molecule has 0 aliphatic heterocycles. The number of nitrogens with zero attached hydrogens (tertiary/aromatic N) is 1. The molecule has 1 fully saturated rings. The number of carbonyl (C=O) groups is 2. The lowest BCUT2D eigenvalue weighted by atomic mass is 10.1. The lowest BCUT2D eigenvalue weighted by Crippen LogP contribution is -2.45. The van der Waals surface area contributed by atoms with E-state index in [9.17, 15) is 9.59 Å². The molecule has 2 N–H and O–H groups in total. The second kappa shape index (κ2) is 3.05. The smallest absolute Gasteiger partial charge is 0.329 e. The lowest BCUT2D eigenvalue weighted by molar-refractivity contribution is -0.143. The number of hydrogen-bond acceptors (Lipinski definition) is 3. The van der Waals surface area contributed by atoms with E-state index in [1.165, 1.54) is 6.92 Å². The van der Waals surface area contributed by atoms with E-state index in [-0.39, 0.29) is 0 Å². The minimum atomic E-state index is -1.08. The van der Waals surface area contributed by atoms with Crippen LogP contribution in [-0.4, -0.2) is 22.5 Å². The molecular formula is C8H10N2O3. The molecule has 0 aromatic heterocycles. The number of carboxylic acids is 1. The van der Waals surface area contributed by atoms with Gasteiger partial charge in [0.15, 0.2) is 0 Å². The lowest BCUT2D eigenvalue weighted by Gasteiger charge is -2.12. The van der Waals surface area contributed by atoms with E-state index >= 15 is 0 Å². The molecule has 0 aromatic carbocycles. The van der Waals surface area contributed by atoms with Crippen molar-refractivity contribution in [1.82, 2.24) is 5.32 Å². The summed E-state index contributed by atoms with van der Waals surface area (Å²) < 4.78 is 0. The molecule has 70 valence electrons. The summed E-state index contributed by atoms with van der Waals surface area (Å²) in [4.78, 5) is 21.8. The van der Waals surface area contributed by atoms with Gasteiger partial charge in [0.25, 0.3) is 0 Å². The van der Waals surface area contributed by atoms with Crippen molar-refractivity contribution in [2.45, 2.75) is 25.3 Å². The number of hydrogen-bond donors (Lipinski definition) is 2. The highest BCUT2D eigenvalue weighted by Crippen LogP contribution is 2.35. The maximum atomic E-state index is 11.1. The number of amides is 1. The molecule has 5 heteroatoms. The zero-order chi connectivity index (χ0) is 10.1. The van der Waals surface area contributed by atoms with Crippen LogP contribution in [0.25, 0.3) is 0 Å². The molecule has 1 saturated carbocycles. The van der Waals surface area contributed by atoms with Crippen LogP contribution in [0.3, 0.4) is 0 Å². The Balaban J connectivity index is 2.56. The summed E-state index contributed by atoms with van der Waals surface area (Å²) in [7, 11) is 0. The number of carbonyl (C=O) groups excluding carboxylic acids is 1. The molecule has 5 nitrogen and oxygen atoms in total. The molecule has 1 aliphatic rings. The van der Waals surface area contributed by atoms with Crippen molar-refractivity contribution >= 4 is 11.9 Å². The van der Waals surface area contributed by atoms with Crippen LogP contribution in [0.2, 0.25) is 0 Å². The van der Waals surface area contributed by atoms with Gasteiger partial charge in [-0.1, -0.05) is 0 Å². The van der Waals surface area contributed by atoms with Gasteiger partial charge in [-0.2, -0.15) is 5.26 Å². The number of rotatable bonds is 3. The fourth-order valence-corrected chi connectivity index (χ4v) is 0.920. The highest BCUT2D eigenvalue weighted by atomic mass is 16.4. The van der Waals surface area contributed by atoms with Crippen LogP contribution in [-0.2, 0) is 9.59 Å². The van der Waals surface area contributed by atoms with Gasteiger partial charge >= 0.3 is 5.97 Å². The molecular weight excluding hydrogens is 172 g/mol. The quantitative estimate of drug-likeness (QED) is 0.636. The van der Waals surface area contributed by atoms with Crippen molar-refractivity contribution in [3.8, 4) is 6.07 Å². The molecule has 13 heavy (non-hydrogen) atoms. The fraction of sp³-hybridized carbons (Fsp3) is 0.625. The van der Waals surface area contributed by atoms with Gasteiger partial charge in [0.05, 0.1) is 6.07 Å². The summed E-state index contributed by atoms with van der Waals surface area (Å²) >= 11 is 0. The molecule has 1 atom stereocenters. The number of nitriles is 1. The standard InChI is InChI=1S/C8H10N2O3/c1-5(4-9)6(11)10-8(2-3-8)7(12)13/h5H,2-3H2,1H3,(H,10,11)(H,12,13). The normalized spacial score (nSPS) is 19.7. The largest absolute Gasteiger partial charge is 0.480 e. The van der Waals surface area contributed by atoms with Gasteiger partial charge in [-0.15, -0.1) is 0 Å². The Kier molecular flexibility index (Phi) is 2.24. The number of nitrogens with one attached hydrogen (secondary N) is 1. The van der Waals surface area contributed by atoms with Crippen molar-refractivity contribution < 1.29 is 14.7 Å². The third-order valence-electron chi connectivity index (χ3n) is 2.11. The number of aliphatic carboxylic acids is 1. The van der Waals surface area contributed by atoms with Crippen molar-refractivity contribution in [2.75, 3.05) is 0 Å². The van der Waals surface area contributed by atoms with E-state index < -0.39 is 23.3 Å². The topological polar surface area (TPSA) is 90.2 Å². The Morgan fingerprint density at radius 2 is 2.15 bits per heavy atom. The molecule has 1 aliphatic carbocycles. The van der Waals surface area contributed by atoms with Gasteiger partial charge in [-0.05, 0) is 19.8 Å². The van der Waals surface area contributed by atoms with Crippen LogP contribution in [0.4, 0.5) is 0 Å². The van der Waals surface area contributed by atoms with Crippen LogP contribution >= 0.6 is 0 Å². The van der Waals surface area contributed by atoms with Gasteiger partial charge in [0, 0.05) is 0 Å². The summed E-state index contributed by atoms with van der Waals surface area (Å²) in [6.07, 6.45) is 0.901. The first-order valence-electron chi connectivity index (χ1n) is 3.97. The minimum Gasteiger partial charge on any atom is -0.480 e. The third kappa shape index (κ3) is 1.78. The molecule has 0 spiro atoms. The molecule has 1 unspecified atom stereocenters. The molecule has 0 bridgehead atoms. The van der Waals surface area contributed by atoms with Gasteiger partial charge in [0.2, 0.25) is 5.91 Å². The maximum Gasteiger partial charge on any atom is 0.329 e. The van der Waals surface area contributed by atoms with E-state index in [1.807, 2.05) is 0 Å². The Morgan fingerprint density at radius 1 is 1.62 bits per heavy atom. The fourth-order valence-electron chi connectivity index (χ4n) is 0.920. The monoisotopic (exact) mass is 182 g/mol. The summed E-state index contributed by atoms with van der Waals surface area (Å²) in [6, 6.07) is 1.75. The van der Waals surface area contributed by atoms with Crippen LogP contribution in [0.5, 0.6) is 0 Å². The van der Waals surface area contributed by atoms with Crippen molar-refractivity contribution in [2.24, 2.45) is 5.92 Å². The van der Waals surface area contributed by atoms with Crippen LogP contribution in [0, 0.1) is 17.2 Å². The first-order chi connectivity index (χ1) is 6.02. The summed E-state index contributed by atoms with van der Waals surface area (Å²) in [5.41, 5.74) is -1.08. The summed E-state index contributed by atoms with van der Waals surface area (Å²) in [6.45, 7) is 1.44. The second-order valence-corrected chi connectivity index (χ2v) is 3.23. The first kappa shape index (κ1) is 9.52. The first-order valence-corrected chi connectivity index (χ1v) is 3.97. The zero-order valence-corrected chi connectivity index (χ0v) is 7.20. The van der Waals surface area contributed by atoms with Gasteiger partial charge in [-0.25, -0.2) is 4.79 Å². The Hall–Kier alpha value is -1.57. The highest BCUT2D eigenvalue weighted by molar-refractivity contribution is 5.91. The third-order valence-corrected chi connectivity index (χ3v) is 2.11. The average molecular weight is 182 g/mol. The van der Waals surface area contributed by atoms with E-state index in [4.69, 9.17) is 10.4 Å². The van der Waals surface area contributed by atoms with Crippen molar-refractivity contribution in [3.05, 3.63) is 0 Å². The van der Waals surface area contributed by atoms with E-state index in [1.54, 1.807) is 6.07 Å². The molecule has 1 amide bonds. The Labute approximate surface area is 75.3 Å². The van der Waals surface area contributed by atoms with E-state index in [0.29, 0.717) is 12.8 Å². The predicted octanol–water partition coefficient (Wildman–Crippen LogP) is -0.121. The molecule has 1 rings (SSSR count). The van der Waals surface area contributed by atoms with Crippen LogP contribution in [0.1, 0.15) is 19.8 Å². The van der Waals surface area contributed by atoms with Gasteiger partial charge < -0.3 is 10.4 Å². The molecule has 0 aromatic rings. The minimum absolute atomic E-state index is 0.451. The molecule has 0 radical (unpaired) electrons. The Morgan fingerprint density at radius 3 is 2.46 bits per heavy atom. The van der Waals surface area contributed by atoms with E-state index in [2.05, 4.69) is 5.32 Å². The maximum absolute atomic E-state index is 11.1. The Bertz CT molecular complexity index is 288. The zero-order valence-electron chi connectivity index (χ0n) is 7.20. The van der Waals surface area contributed by atoms with Crippen molar-refractivity contribution in [1.29, 1.82) is 5.26 Å². The predicted molar refractivity (Wildman–Crippen MR) is 42.5 cm³/mol. The SMILES string of the molecule is CC(C#N)C(=O)NC1(C(=O)O)CC1. The van der Waals surface area contributed by atoms with Crippen LogP contribution in [0.15, 0.2) is 0 Å². The molecule has 0 heterocycles. The highest BCUT2D eigenvalue weighted by Gasteiger charge is 2.51. The second-order valence-electron chi connectivity index (χ2n) is 3.23. The number of carboxylic acid groups (broad SMARTS) is 1. The van der Waals surface area contributed by atoms with Gasteiger partial charge in [0.1, 0.15) is 11.5 Å².